The third-order valence-corrected chi connectivity index (χ3v) is 2.32. The molecule has 0 saturated heterocycles. The van der Waals surface area contributed by atoms with Crippen molar-refractivity contribution in [1.82, 2.24) is 4.98 Å². The molecule has 2 aromatic rings. The highest BCUT2D eigenvalue weighted by Crippen LogP contribution is 2.22. The molecular weight excluding hydrogens is 198 g/mol. The summed E-state index contributed by atoms with van der Waals surface area (Å²) < 4.78 is 5.76. The molecule has 2 heteroatoms. The van der Waals surface area contributed by atoms with Gasteiger partial charge in [0.25, 0.3) is 0 Å². The standard InChI is InChI=1S/C14H15NO/c1-3-12-10-14(9-11(2)15-12)16-13-7-5-4-6-8-13/h4-10H,3H2,1-2H3. The maximum Gasteiger partial charge on any atom is 0.131 e. The molecule has 0 aliphatic carbocycles. The first-order valence-corrected chi connectivity index (χ1v) is 5.48. The van der Waals surface area contributed by atoms with Gasteiger partial charge in [-0.3, -0.25) is 4.98 Å². The molecule has 0 N–H and O–H groups in total. The number of para-hydroxylation sites is 1. The van der Waals surface area contributed by atoms with Gasteiger partial charge in [0.15, 0.2) is 0 Å². The van der Waals surface area contributed by atoms with E-state index in [4.69, 9.17) is 4.74 Å². The lowest BCUT2D eigenvalue weighted by Crippen LogP contribution is -1.92. The van der Waals surface area contributed by atoms with Crippen molar-refractivity contribution in [3.63, 3.8) is 0 Å². The highest BCUT2D eigenvalue weighted by Gasteiger charge is 2.00. The predicted molar refractivity (Wildman–Crippen MR) is 64.9 cm³/mol. The number of aromatic nitrogens is 1. The summed E-state index contributed by atoms with van der Waals surface area (Å²) in [7, 11) is 0. The Morgan fingerprint density at radius 1 is 1.06 bits per heavy atom. The first-order valence-electron chi connectivity index (χ1n) is 5.48. The highest BCUT2D eigenvalue weighted by molar-refractivity contribution is 5.33. The van der Waals surface area contributed by atoms with Gasteiger partial charge in [-0.15, -0.1) is 0 Å². The lowest BCUT2D eigenvalue weighted by atomic mass is 10.2. The zero-order chi connectivity index (χ0) is 11.4. The molecule has 0 amide bonds. The third-order valence-electron chi connectivity index (χ3n) is 2.32. The van der Waals surface area contributed by atoms with E-state index in [1.807, 2.05) is 49.4 Å². The molecule has 16 heavy (non-hydrogen) atoms. The zero-order valence-electron chi connectivity index (χ0n) is 9.60. The molecule has 2 nitrogen and oxygen atoms in total. The van der Waals surface area contributed by atoms with E-state index in [0.29, 0.717) is 0 Å². The molecule has 0 saturated carbocycles. The van der Waals surface area contributed by atoms with Crippen LogP contribution in [0.25, 0.3) is 0 Å². The molecule has 0 radical (unpaired) electrons. The Kier molecular flexibility index (Phi) is 3.20. The van der Waals surface area contributed by atoms with Crippen molar-refractivity contribution in [3.8, 4) is 11.5 Å². The van der Waals surface area contributed by atoms with E-state index >= 15 is 0 Å². The maximum absolute atomic E-state index is 5.76. The average Bonchev–Trinajstić information content (AvgIpc) is 2.29. The van der Waals surface area contributed by atoms with Crippen LogP contribution in [0.1, 0.15) is 18.3 Å². The van der Waals surface area contributed by atoms with E-state index in [0.717, 1.165) is 29.3 Å². The summed E-state index contributed by atoms with van der Waals surface area (Å²) in [5.74, 6) is 1.71. The molecule has 0 bridgehead atoms. The number of hydrogen-bond donors (Lipinski definition) is 0. The second-order valence-corrected chi connectivity index (χ2v) is 3.70. The molecule has 0 spiro atoms. The third kappa shape index (κ3) is 2.60. The smallest absolute Gasteiger partial charge is 0.131 e. The van der Waals surface area contributed by atoms with Crippen LogP contribution >= 0.6 is 0 Å². The molecule has 1 aromatic heterocycles. The summed E-state index contributed by atoms with van der Waals surface area (Å²) in [4.78, 5) is 4.41. The fraction of sp³-hybridized carbons (Fsp3) is 0.214. The van der Waals surface area contributed by atoms with Crippen molar-refractivity contribution in [1.29, 1.82) is 0 Å². The van der Waals surface area contributed by atoms with Crippen molar-refractivity contribution < 1.29 is 4.74 Å². The van der Waals surface area contributed by atoms with Gasteiger partial charge in [-0.2, -0.15) is 0 Å². The fourth-order valence-corrected chi connectivity index (χ4v) is 1.57. The van der Waals surface area contributed by atoms with Crippen molar-refractivity contribution in [2.24, 2.45) is 0 Å². The molecular formula is C14H15NO. The average molecular weight is 213 g/mol. The number of rotatable bonds is 3. The van der Waals surface area contributed by atoms with E-state index in [-0.39, 0.29) is 0 Å². The van der Waals surface area contributed by atoms with Crippen LogP contribution in [0, 0.1) is 6.92 Å². The molecule has 1 aromatic carbocycles. The molecule has 0 atom stereocenters. The van der Waals surface area contributed by atoms with Gasteiger partial charge >= 0.3 is 0 Å². The Morgan fingerprint density at radius 2 is 1.81 bits per heavy atom. The maximum atomic E-state index is 5.76. The summed E-state index contributed by atoms with van der Waals surface area (Å²) in [5.41, 5.74) is 2.05. The Morgan fingerprint density at radius 3 is 2.50 bits per heavy atom. The van der Waals surface area contributed by atoms with Crippen LogP contribution in [0.5, 0.6) is 11.5 Å². The SMILES string of the molecule is CCc1cc(Oc2ccccc2)cc(C)n1. The number of pyridine rings is 1. The van der Waals surface area contributed by atoms with Gasteiger partial charge in [0, 0.05) is 23.5 Å². The minimum absolute atomic E-state index is 0.857. The van der Waals surface area contributed by atoms with Crippen LogP contribution in [0.4, 0.5) is 0 Å². The van der Waals surface area contributed by atoms with Crippen LogP contribution in [-0.2, 0) is 6.42 Å². The molecule has 0 aliphatic heterocycles. The predicted octanol–water partition coefficient (Wildman–Crippen LogP) is 3.74. The summed E-state index contributed by atoms with van der Waals surface area (Å²) >= 11 is 0. The lowest BCUT2D eigenvalue weighted by Gasteiger charge is -2.07. The summed E-state index contributed by atoms with van der Waals surface area (Å²) in [6, 6.07) is 13.7. The van der Waals surface area contributed by atoms with Gasteiger partial charge in [-0.1, -0.05) is 25.1 Å². The van der Waals surface area contributed by atoms with Gasteiger partial charge in [-0.05, 0) is 25.5 Å². The van der Waals surface area contributed by atoms with Crippen LogP contribution < -0.4 is 4.74 Å². The van der Waals surface area contributed by atoms with Crippen LogP contribution in [0.2, 0.25) is 0 Å². The number of aryl methyl sites for hydroxylation is 2. The normalized spacial score (nSPS) is 10.1. The summed E-state index contributed by atoms with van der Waals surface area (Å²) in [6.07, 6.45) is 0.923. The van der Waals surface area contributed by atoms with E-state index < -0.39 is 0 Å². The fourth-order valence-electron chi connectivity index (χ4n) is 1.57. The van der Waals surface area contributed by atoms with E-state index in [9.17, 15) is 0 Å². The van der Waals surface area contributed by atoms with E-state index in [2.05, 4.69) is 11.9 Å². The molecule has 0 fully saturated rings. The first-order chi connectivity index (χ1) is 7.78. The summed E-state index contributed by atoms with van der Waals surface area (Å²) in [6.45, 7) is 4.07. The summed E-state index contributed by atoms with van der Waals surface area (Å²) in [5, 5.41) is 0. The second-order valence-electron chi connectivity index (χ2n) is 3.70. The Hall–Kier alpha value is -1.83. The molecule has 82 valence electrons. The number of hydrogen-bond acceptors (Lipinski definition) is 2. The topological polar surface area (TPSA) is 22.1 Å². The zero-order valence-corrected chi connectivity index (χ0v) is 9.60. The van der Waals surface area contributed by atoms with Crippen molar-refractivity contribution >= 4 is 0 Å². The second kappa shape index (κ2) is 4.79. The number of benzene rings is 1. The first kappa shape index (κ1) is 10.7. The monoisotopic (exact) mass is 213 g/mol. The van der Waals surface area contributed by atoms with Crippen LogP contribution in [0.15, 0.2) is 42.5 Å². The van der Waals surface area contributed by atoms with Crippen LogP contribution in [0.3, 0.4) is 0 Å². The van der Waals surface area contributed by atoms with Crippen molar-refractivity contribution in [2.45, 2.75) is 20.3 Å². The van der Waals surface area contributed by atoms with Gasteiger partial charge in [0.1, 0.15) is 11.5 Å². The Balaban J connectivity index is 2.24. The van der Waals surface area contributed by atoms with Gasteiger partial charge in [0.05, 0.1) is 0 Å². The number of nitrogens with zero attached hydrogens (tertiary/aromatic N) is 1. The van der Waals surface area contributed by atoms with E-state index in [1.54, 1.807) is 0 Å². The molecule has 1 heterocycles. The Labute approximate surface area is 95.9 Å². The Bertz CT molecular complexity index is 465. The minimum atomic E-state index is 0.857. The highest BCUT2D eigenvalue weighted by atomic mass is 16.5. The largest absolute Gasteiger partial charge is 0.457 e. The molecule has 0 unspecified atom stereocenters. The quantitative estimate of drug-likeness (QED) is 0.774. The minimum Gasteiger partial charge on any atom is -0.457 e. The van der Waals surface area contributed by atoms with E-state index in [1.165, 1.54) is 0 Å². The lowest BCUT2D eigenvalue weighted by molar-refractivity contribution is 0.480. The molecule has 0 aliphatic rings. The van der Waals surface area contributed by atoms with Gasteiger partial charge < -0.3 is 4.74 Å². The molecule has 2 rings (SSSR count). The number of ether oxygens (including phenoxy) is 1. The van der Waals surface area contributed by atoms with Gasteiger partial charge in [0.2, 0.25) is 0 Å². The van der Waals surface area contributed by atoms with Crippen molar-refractivity contribution in [3.05, 3.63) is 53.9 Å². The van der Waals surface area contributed by atoms with Crippen molar-refractivity contribution in [2.75, 3.05) is 0 Å². The van der Waals surface area contributed by atoms with Gasteiger partial charge in [-0.25, -0.2) is 0 Å². The van der Waals surface area contributed by atoms with Crippen LogP contribution in [-0.4, -0.2) is 4.98 Å².